The minimum absolute atomic E-state index is 0.111. The Morgan fingerprint density at radius 1 is 1.03 bits per heavy atom. The van der Waals surface area contributed by atoms with Crippen LogP contribution in [0, 0.1) is 20.2 Å². The number of nitro benzene ring substituents is 2. The van der Waals surface area contributed by atoms with Crippen LogP contribution in [-0.4, -0.2) is 48.2 Å². The quantitative estimate of drug-likeness (QED) is 0.516. The number of non-ortho nitro benzene ring substituents is 1. The van der Waals surface area contributed by atoms with Crippen LogP contribution in [0.3, 0.4) is 0 Å². The summed E-state index contributed by atoms with van der Waals surface area (Å²) in [7, 11) is -3.75. The van der Waals surface area contributed by atoms with Crippen LogP contribution in [0.15, 0.2) is 47.4 Å². The number of nitrogens with zero attached hydrogens (tertiary/aromatic N) is 4. The van der Waals surface area contributed by atoms with Gasteiger partial charge in [0.05, 0.1) is 20.8 Å². The highest BCUT2D eigenvalue weighted by Crippen LogP contribution is 2.34. The Balaban J connectivity index is 1.86. The summed E-state index contributed by atoms with van der Waals surface area (Å²) < 4.78 is 27.2. The SMILES string of the molecule is C[C@H]1CN(c2ccc([N+](=O)[O-])cc2[N+](=O)[O-])CCN1S(=O)(=O)c1ccc(Cl)cc1. The Hall–Kier alpha value is -2.76. The molecule has 1 aliphatic rings. The molecule has 10 nitrogen and oxygen atoms in total. The second-order valence-electron chi connectivity index (χ2n) is 6.55. The third-order valence-corrected chi connectivity index (χ3v) is 6.97. The molecule has 2 aromatic carbocycles. The lowest BCUT2D eigenvalue weighted by molar-refractivity contribution is -0.393. The van der Waals surface area contributed by atoms with Crippen molar-refractivity contribution in [3.8, 4) is 0 Å². The summed E-state index contributed by atoms with van der Waals surface area (Å²) in [6, 6.07) is 8.81. The minimum Gasteiger partial charge on any atom is -0.363 e. The predicted octanol–water partition coefficient (Wildman–Crippen LogP) is 3.06. The van der Waals surface area contributed by atoms with E-state index < -0.39 is 25.9 Å². The van der Waals surface area contributed by atoms with Gasteiger partial charge in [-0.05, 0) is 37.3 Å². The van der Waals surface area contributed by atoms with E-state index in [1.165, 1.54) is 40.7 Å². The van der Waals surface area contributed by atoms with E-state index in [1.807, 2.05) is 0 Å². The van der Waals surface area contributed by atoms with Gasteiger partial charge in [-0.2, -0.15) is 4.31 Å². The fraction of sp³-hybridized carbons (Fsp3) is 0.294. The third-order valence-electron chi connectivity index (χ3n) is 4.69. The molecule has 0 unspecified atom stereocenters. The maximum absolute atomic E-state index is 12.9. The Morgan fingerprint density at radius 3 is 2.24 bits per heavy atom. The van der Waals surface area contributed by atoms with Gasteiger partial charge in [0.15, 0.2) is 0 Å². The first-order valence-electron chi connectivity index (χ1n) is 8.56. The molecular weight excluding hydrogens is 424 g/mol. The molecule has 1 saturated heterocycles. The van der Waals surface area contributed by atoms with Crippen molar-refractivity contribution >= 4 is 38.7 Å². The van der Waals surface area contributed by atoms with Gasteiger partial charge in [0.2, 0.25) is 10.0 Å². The smallest absolute Gasteiger partial charge is 0.299 e. The second-order valence-corrected chi connectivity index (χ2v) is 8.88. The molecule has 12 heteroatoms. The lowest BCUT2D eigenvalue weighted by atomic mass is 10.1. The van der Waals surface area contributed by atoms with E-state index in [9.17, 15) is 28.6 Å². The molecule has 1 fully saturated rings. The topological polar surface area (TPSA) is 127 Å². The van der Waals surface area contributed by atoms with Gasteiger partial charge in [-0.25, -0.2) is 8.42 Å². The van der Waals surface area contributed by atoms with E-state index in [2.05, 4.69) is 0 Å². The molecule has 0 saturated carbocycles. The average molecular weight is 441 g/mol. The molecule has 0 aromatic heterocycles. The van der Waals surface area contributed by atoms with E-state index in [-0.39, 0.29) is 41.6 Å². The van der Waals surface area contributed by atoms with Crippen LogP contribution >= 0.6 is 11.6 Å². The zero-order chi connectivity index (χ0) is 21.3. The first-order valence-corrected chi connectivity index (χ1v) is 10.4. The van der Waals surface area contributed by atoms with Gasteiger partial charge in [0.25, 0.3) is 11.4 Å². The molecule has 0 amide bonds. The zero-order valence-corrected chi connectivity index (χ0v) is 16.8. The highest BCUT2D eigenvalue weighted by Gasteiger charge is 2.35. The summed E-state index contributed by atoms with van der Waals surface area (Å²) in [4.78, 5) is 22.7. The predicted molar refractivity (Wildman–Crippen MR) is 107 cm³/mol. The van der Waals surface area contributed by atoms with E-state index in [1.54, 1.807) is 11.8 Å². The van der Waals surface area contributed by atoms with Crippen molar-refractivity contribution in [1.82, 2.24) is 4.31 Å². The average Bonchev–Trinajstić information content (AvgIpc) is 2.67. The number of halogens is 1. The zero-order valence-electron chi connectivity index (χ0n) is 15.3. The number of rotatable bonds is 5. The van der Waals surface area contributed by atoms with Crippen LogP contribution in [0.1, 0.15) is 6.92 Å². The monoisotopic (exact) mass is 440 g/mol. The molecule has 0 spiro atoms. The van der Waals surface area contributed by atoms with Crippen molar-refractivity contribution in [2.45, 2.75) is 17.9 Å². The van der Waals surface area contributed by atoms with Crippen LogP contribution < -0.4 is 4.90 Å². The molecule has 2 aromatic rings. The third kappa shape index (κ3) is 4.16. The normalized spacial score (nSPS) is 17.9. The van der Waals surface area contributed by atoms with E-state index in [0.717, 1.165) is 6.07 Å². The fourth-order valence-electron chi connectivity index (χ4n) is 3.30. The van der Waals surface area contributed by atoms with Gasteiger partial charge >= 0.3 is 0 Å². The van der Waals surface area contributed by atoms with E-state index in [0.29, 0.717) is 5.02 Å². The Bertz CT molecular complexity index is 1060. The van der Waals surface area contributed by atoms with Crippen LogP contribution in [-0.2, 0) is 10.0 Å². The molecule has 3 rings (SSSR count). The lowest BCUT2D eigenvalue weighted by Crippen LogP contribution is -2.54. The highest BCUT2D eigenvalue weighted by molar-refractivity contribution is 7.89. The van der Waals surface area contributed by atoms with Crippen molar-refractivity contribution in [3.63, 3.8) is 0 Å². The number of hydrogen-bond acceptors (Lipinski definition) is 7. The highest BCUT2D eigenvalue weighted by atomic mass is 35.5. The number of anilines is 1. The fourth-order valence-corrected chi connectivity index (χ4v) is 5.04. The molecular formula is C17H17ClN4O6S. The Labute approximate surface area is 171 Å². The summed E-state index contributed by atoms with van der Waals surface area (Å²) in [5.41, 5.74) is -0.547. The van der Waals surface area contributed by atoms with Gasteiger partial charge in [-0.15, -0.1) is 0 Å². The Morgan fingerprint density at radius 2 is 1.69 bits per heavy atom. The standard InChI is InChI=1S/C17H17ClN4O6S/c1-12-11-19(16-7-4-14(21(23)24)10-17(16)22(25)26)8-9-20(12)29(27,28)15-5-2-13(18)3-6-15/h2-7,10,12H,8-9,11H2,1H3/t12-/m0/s1. The maximum Gasteiger partial charge on any atom is 0.299 e. The van der Waals surface area contributed by atoms with Crippen LogP contribution in [0.4, 0.5) is 17.1 Å². The second kappa shape index (κ2) is 7.93. The molecule has 0 bridgehead atoms. The molecule has 0 aliphatic carbocycles. The van der Waals surface area contributed by atoms with Crippen LogP contribution in [0.25, 0.3) is 0 Å². The number of nitro groups is 2. The van der Waals surface area contributed by atoms with E-state index >= 15 is 0 Å². The van der Waals surface area contributed by atoms with Crippen molar-refractivity contribution < 1.29 is 18.3 Å². The number of piperazine rings is 1. The summed E-state index contributed by atoms with van der Waals surface area (Å²) in [6.45, 7) is 2.22. The molecule has 154 valence electrons. The molecule has 1 aliphatic heterocycles. The Kier molecular flexibility index (Phi) is 5.73. The lowest BCUT2D eigenvalue weighted by Gasteiger charge is -2.39. The molecule has 29 heavy (non-hydrogen) atoms. The van der Waals surface area contributed by atoms with Gasteiger partial charge in [-0.1, -0.05) is 11.6 Å². The maximum atomic E-state index is 12.9. The summed E-state index contributed by atoms with van der Waals surface area (Å²) in [5, 5.41) is 22.7. The minimum atomic E-state index is -3.75. The summed E-state index contributed by atoms with van der Waals surface area (Å²) in [5.74, 6) is 0. The number of hydrogen-bond donors (Lipinski definition) is 0. The van der Waals surface area contributed by atoms with Gasteiger partial charge in [0.1, 0.15) is 5.69 Å². The molecule has 0 radical (unpaired) electrons. The van der Waals surface area contributed by atoms with Gasteiger partial charge in [0, 0.05) is 36.8 Å². The molecule has 1 atom stereocenters. The van der Waals surface area contributed by atoms with Crippen LogP contribution in [0.2, 0.25) is 5.02 Å². The van der Waals surface area contributed by atoms with Crippen molar-refractivity contribution in [1.29, 1.82) is 0 Å². The largest absolute Gasteiger partial charge is 0.363 e. The first kappa shape index (κ1) is 21.0. The summed E-state index contributed by atoms with van der Waals surface area (Å²) in [6.07, 6.45) is 0. The number of benzene rings is 2. The van der Waals surface area contributed by atoms with Crippen molar-refractivity contribution in [3.05, 3.63) is 67.7 Å². The van der Waals surface area contributed by atoms with Gasteiger partial charge < -0.3 is 4.90 Å². The van der Waals surface area contributed by atoms with Crippen molar-refractivity contribution in [2.24, 2.45) is 0 Å². The van der Waals surface area contributed by atoms with Gasteiger partial charge in [-0.3, -0.25) is 20.2 Å². The molecule has 0 N–H and O–H groups in total. The van der Waals surface area contributed by atoms with Crippen LogP contribution in [0.5, 0.6) is 0 Å². The van der Waals surface area contributed by atoms with E-state index in [4.69, 9.17) is 11.6 Å². The van der Waals surface area contributed by atoms with Crippen molar-refractivity contribution in [2.75, 3.05) is 24.5 Å². The summed E-state index contributed by atoms with van der Waals surface area (Å²) >= 11 is 5.82. The number of sulfonamides is 1. The molecule has 1 heterocycles. The first-order chi connectivity index (χ1) is 13.6.